The molecule has 0 radical (unpaired) electrons. The highest BCUT2D eigenvalue weighted by Gasteiger charge is 2.06. The van der Waals surface area contributed by atoms with E-state index in [0.29, 0.717) is 0 Å². The van der Waals surface area contributed by atoms with Crippen LogP contribution in [0.25, 0.3) is 0 Å². The summed E-state index contributed by atoms with van der Waals surface area (Å²) in [4.78, 5) is 4.09. The van der Waals surface area contributed by atoms with Crippen LogP contribution in [0, 0.1) is 0 Å². The van der Waals surface area contributed by atoms with E-state index in [1.54, 1.807) is 6.20 Å². The van der Waals surface area contributed by atoms with Gasteiger partial charge >= 0.3 is 0 Å². The minimum absolute atomic E-state index is 0. The zero-order valence-electron chi connectivity index (χ0n) is 5.70. The molecule has 62 valence electrons. The van der Waals surface area contributed by atoms with Crippen molar-refractivity contribution < 1.29 is 0 Å². The van der Waals surface area contributed by atoms with Gasteiger partial charge in [-0.3, -0.25) is 0 Å². The van der Waals surface area contributed by atoms with Crippen LogP contribution in [0.1, 0.15) is 0 Å². The van der Waals surface area contributed by atoms with Crippen molar-refractivity contribution in [3.63, 3.8) is 0 Å². The smallest absolute Gasteiger partial charge is 0.150 e. The lowest BCUT2D eigenvalue weighted by Gasteiger charge is -1.92. The van der Waals surface area contributed by atoms with E-state index in [-0.39, 0.29) is 24.8 Å². The predicted molar refractivity (Wildman–Crippen MR) is 50.8 cm³/mol. The van der Waals surface area contributed by atoms with Crippen LogP contribution in [0.5, 0.6) is 0 Å². The van der Waals surface area contributed by atoms with Gasteiger partial charge in [0, 0.05) is 6.20 Å². The maximum atomic E-state index is 4.09. The fourth-order valence-electron chi connectivity index (χ4n) is 0.912. The summed E-state index contributed by atoms with van der Waals surface area (Å²) in [6, 6.07) is 3.92. The summed E-state index contributed by atoms with van der Waals surface area (Å²) in [6.45, 7) is 0.798. The molecular weight excluding hydrogens is 185 g/mol. The molecule has 1 aliphatic heterocycles. The fraction of sp³-hybridized carbons (Fsp3) is 0.167. The van der Waals surface area contributed by atoms with Crippen LogP contribution in [0.4, 0.5) is 11.5 Å². The van der Waals surface area contributed by atoms with Gasteiger partial charge in [-0.15, -0.1) is 24.8 Å². The van der Waals surface area contributed by atoms with E-state index < -0.39 is 0 Å². The first-order valence-corrected chi connectivity index (χ1v) is 2.89. The topological polar surface area (TPSA) is 37.0 Å². The van der Waals surface area contributed by atoms with Crippen LogP contribution >= 0.6 is 24.8 Å². The second-order valence-corrected chi connectivity index (χ2v) is 1.93. The molecular formula is C6H9Cl2N3. The Morgan fingerprint density at radius 3 is 2.82 bits per heavy atom. The lowest BCUT2D eigenvalue weighted by Crippen LogP contribution is -1.99. The summed E-state index contributed by atoms with van der Waals surface area (Å²) in [7, 11) is 0. The number of halogens is 2. The molecule has 0 amide bonds. The Kier molecular flexibility index (Phi) is 4.00. The van der Waals surface area contributed by atoms with Crippen molar-refractivity contribution in [3.05, 3.63) is 18.3 Å². The number of nitrogens with zero attached hydrogens (tertiary/aromatic N) is 1. The largest absolute Gasteiger partial charge is 0.365 e. The number of aromatic nitrogens is 1. The van der Waals surface area contributed by atoms with Gasteiger partial charge in [-0.25, -0.2) is 4.98 Å². The Labute approximate surface area is 77.4 Å². The maximum Gasteiger partial charge on any atom is 0.150 e. The lowest BCUT2D eigenvalue weighted by atomic mass is 10.4. The summed E-state index contributed by atoms with van der Waals surface area (Å²) < 4.78 is 0. The van der Waals surface area contributed by atoms with E-state index in [0.717, 1.165) is 18.2 Å². The van der Waals surface area contributed by atoms with Gasteiger partial charge in [-0.05, 0) is 12.1 Å². The van der Waals surface area contributed by atoms with E-state index in [4.69, 9.17) is 0 Å². The molecule has 3 nitrogen and oxygen atoms in total. The summed E-state index contributed by atoms with van der Waals surface area (Å²) >= 11 is 0. The second kappa shape index (κ2) is 4.26. The van der Waals surface area contributed by atoms with Gasteiger partial charge in [0.2, 0.25) is 0 Å². The first kappa shape index (κ1) is 10.3. The summed E-state index contributed by atoms with van der Waals surface area (Å²) in [5.74, 6) is 0.956. The molecule has 0 bridgehead atoms. The van der Waals surface area contributed by atoms with Crippen LogP contribution in [0.15, 0.2) is 18.3 Å². The third kappa shape index (κ3) is 1.88. The summed E-state index contributed by atoms with van der Waals surface area (Å²) in [6.07, 6.45) is 1.78. The number of anilines is 2. The zero-order chi connectivity index (χ0) is 6.10. The molecule has 0 saturated carbocycles. The predicted octanol–water partition coefficient (Wildman–Crippen LogP) is 1.72. The zero-order valence-corrected chi connectivity index (χ0v) is 7.34. The van der Waals surface area contributed by atoms with Gasteiger partial charge in [-0.2, -0.15) is 0 Å². The van der Waals surface area contributed by atoms with E-state index in [9.17, 15) is 0 Å². The monoisotopic (exact) mass is 193 g/mol. The van der Waals surface area contributed by atoms with Gasteiger partial charge in [0.15, 0.2) is 5.82 Å². The van der Waals surface area contributed by atoms with E-state index >= 15 is 0 Å². The molecule has 1 aliphatic rings. The lowest BCUT2D eigenvalue weighted by molar-refractivity contribution is 1.27. The molecule has 1 aromatic heterocycles. The van der Waals surface area contributed by atoms with Crippen molar-refractivity contribution in [2.75, 3.05) is 17.3 Å². The molecule has 11 heavy (non-hydrogen) atoms. The quantitative estimate of drug-likeness (QED) is 0.660. The number of nitrogens with one attached hydrogen (secondary N) is 2. The third-order valence-corrected chi connectivity index (χ3v) is 1.34. The number of rotatable bonds is 0. The molecule has 0 unspecified atom stereocenters. The summed E-state index contributed by atoms with van der Waals surface area (Å²) in [5, 5.41) is 6.20. The van der Waals surface area contributed by atoms with Crippen LogP contribution in [-0.2, 0) is 0 Å². The Morgan fingerprint density at radius 1 is 1.27 bits per heavy atom. The fourth-order valence-corrected chi connectivity index (χ4v) is 0.912. The first-order valence-electron chi connectivity index (χ1n) is 2.89. The Bertz CT molecular complexity index is 206. The summed E-state index contributed by atoms with van der Waals surface area (Å²) in [5.41, 5.74) is 1.09. The van der Waals surface area contributed by atoms with Crippen LogP contribution in [0.2, 0.25) is 0 Å². The SMILES string of the molecule is Cl.Cl.c1cnc2c(c1)NCN2. The first-order chi connectivity index (χ1) is 4.47. The van der Waals surface area contributed by atoms with Crippen molar-refractivity contribution >= 4 is 36.3 Å². The highest BCUT2D eigenvalue weighted by atomic mass is 35.5. The minimum atomic E-state index is 0. The molecule has 2 N–H and O–H groups in total. The van der Waals surface area contributed by atoms with Gasteiger partial charge in [0.25, 0.3) is 0 Å². The molecule has 2 heterocycles. The Morgan fingerprint density at radius 2 is 2.09 bits per heavy atom. The second-order valence-electron chi connectivity index (χ2n) is 1.93. The van der Waals surface area contributed by atoms with Crippen molar-refractivity contribution in [3.8, 4) is 0 Å². The molecule has 5 heteroatoms. The molecule has 0 aliphatic carbocycles. The molecule has 0 saturated heterocycles. The van der Waals surface area contributed by atoms with Crippen molar-refractivity contribution in [2.45, 2.75) is 0 Å². The van der Waals surface area contributed by atoms with Crippen LogP contribution < -0.4 is 10.6 Å². The third-order valence-electron chi connectivity index (χ3n) is 1.34. The molecule has 0 fully saturated rings. The van der Waals surface area contributed by atoms with E-state index in [1.807, 2.05) is 12.1 Å². The molecule has 2 rings (SSSR count). The molecule has 0 spiro atoms. The van der Waals surface area contributed by atoms with E-state index in [1.165, 1.54) is 0 Å². The average Bonchev–Trinajstić information content (AvgIpc) is 2.33. The van der Waals surface area contributed by atoms with Crippen LogP contribution in [0.3, 0.4) is 0 Å². The Balaban J connectivity index is 0.000000500. The van der Waals surface area contributed by atoms with Crippen molar-refractivity contribution in [2.24, 2.45) is 0 Å². The normalized spacial score (nSPS) is 11.3. The minimum Gasteiger partial charge on any atom is -0.365 e. The standard InChI is InChI=1S/C6H7N3.2ClH/c1-2-5-6(7-3-1)9-4-8-5;;/h1-3,8H,4H2,(H,7,9);2*1H. The Hall–Kier alpha value is -0.670. The van der Waals surface area contributed by atoms with Gasteiger partial charge in [0.1, 0.15) is 0 Å². The number of fused-ring (bicyclic) bond motifs is 1. The highest BCUT2D eigenvalue weighted by molar-refractivity contribution is 5.85. The number of hydrogen-bond donors (Lipinski definition) is 2. The van der Waals surface area contributed by atoms with Gasteiger partial charge in [0.05, 0.1) is 12.4 Å². The van der Waals surface area contributed by atoms with E-state index in [2.05, 4.69) is 15.6 Å². The van der Waals surface area contributed by atoms with Gasteiger partial charge < -0.3 is 10.6 Å². The number of pyridine rings is 1. The van der Waals surface area contributed by atoms with Gasteiger partial charge in [-0.1, -0.05) is 0 Å². The molecule has 1 aromatic rings. The average molecular weight is 194 g/mol. The van der Waals surface area contributed by atoms with Crippen LogP contribution in [-0.4, -0.2) is 11.7 Å². The molecule has 0 aromatic carbocycles. The maximum absolute atomic E-state index is 4.09. The molecule has 0 atom stereocenters. The van der Waals surface area contributed by atoms with Crippen molar-refractivity contribution in [1.29, 1.82) is 0 Å². The highest BCUT2D eigenvalue weighted by Crippen LogP contribution is 2.20. The number of hydrogen-bond acceptors (Lipinski definition) is 3. The van der Waals surface area contributed by atoms with Crippen molar-refractivity contribution in [1.82, 2.24) is 4.98 Å².